The van der Waals surface area contributed by atoms with Crippen molar-refractivity contribution in [1.82, 2.24) is 9.62 Å². The Morgan fingerprint density at radius 2 is 2.05 bits per heavy atom. The standard InChI is InChI=1S/C14H19ClN2O3S/c1-20-12-4-5-13(15)14(8-12)21(18,19)17-7-6-10-2-3-11(9-17)16-10/h4-5,8,10-11,16H,2-3,6-7,9H2,1H3. The summed E-state index contributed by atoms with van der Waals surface area (Å²) in [5.74, 6) is 0.493. The second kappa shape index (κ2) is 5.76. The van der Waals surface area contributed by atoms with Crippen molar-refractivity contribution in [2.24, 2.45) is 0 Å². The largest absolute Gasteiger partial charge is 0.497 e. The molecule has 0 saturated carbocycles. The summed E-state index contributed by atoms with van der Waals surface area (Å²) in [6.45, 7) is 1.04. The lowest BCUT2D eigenvalue weighted by atomic mass is 10.1. The Morgan fingerprint density at radius 3 is 2.81 bits per heavy atom. The van der Waals surface area contributed by atoms with Gasteiger partial charge in [0.2, 0.25) is 10.0 Å². The Balaban J connectivity index is 1.93. The molecule has 0 radical (unpaired) electrons. The summed E-state index contributed by atoms with van der Waals surface area (Å²) >= 11 is 6.10. The number of rotatable bonds is 3. The van der Waals surface area contributed by atoms with Gasteiger partial charge in [-0.25, -0.2) is 8.42 Å². The average molecular weight is 331 g/mol. The molecule has 5 nitrogen and oxygen atoms in total. The van der Waals surface area contributed by atoms with E-state index in [4.69, 9.17) is 16.3 Å². The van der Waals surface area contributed by atoms with E-state index in [2.05, 4.69) is 5.32 Å². The summed E-state index contributed by atoms with van der Waals surface area (Å²) in [6.07, 6.45) is 3.01. The van der Waals surface area contributed by atoms with Gasteiger partial charge in [-0.2, -0.15) is 4.31 Å². The number of sulfonamides is 1. The molecule has 2 aliphatic rings. The molecule has 2 unspecified atom stereocenters. The number of hydrogen-bond donors (Lipinski definition) is 1. The van der Waals surface area contributed by atoms with Gasteiger partial charge < -0.3 is 10.1 Å². The molecule has 0 amide bonds. The average Bonchev–Trinajstić information content (AvgIpc) is 2.78. The second-order valence-corrected chi connectivity index (χ2v) is 7.90. The van der Waals surface area contributed by atoms with Crippen LogP contribution in [-0.4, -0.2) is 45.0 Å². The smallest absolute Gasteiger partial charge is 0.244 e. The van der Waals surface area contributed by atoms with Gasteiger partial charge in [-0.05, 0) is 31.4 Å². The van der Waals surface area contributed by atoms with Crippen molar-refractivity contribution in [1.29, 1.82) is 0 Å². The minimum absolute atomic E-state index is 0.126. The van der Waals surface area contributed by atoms with Crippen LogP contribution in [-0.2, 0) is 10.0 Å². The van der Waals surface area contributed by atoms with Gasteiger partial charge in [0, 0.05) is 31.2 Å². The monoisotopic (exact) mass is 330 g/mol. The molecule has 0 aliphatic carbocycles. The van der Waals surface area contributed by atoms with Crippen molar-refractivity contribution in [3.05, 3.63) is 23.2 Å². The van der Waals surface area contributed by atoms with E-state index in [1.165, 1.54) is 13.2 Å². The van der Waals surface area contributed by atoms with E-state index in [-0.39, 0.29) is 16.0 Å². The Morgan fingerprint density at radius 1 is 1.29 bits per heavy atom. The van der Waals surface area contributed by atoms with E-state index in [9.17, 15) is 8.42 Å². The first-order chi connectivity index (χ1) is 10.0. The van der Waals surface area contributed by atoms with Crippen LogP contribution in [0.4, 0.5) is 0 Å². The maximum absolute atomic E-state index is 12.9. The van der Waals surface area contributed by atoms with Crippen molar-refractivity contribution in [2.75, 3.05) is 20.2 Å². The van der Waals surface area contributed by atoms with Crippen LogP contribution >= 0.6 is 11.6 Å². The molecular weight excluding hydrogens is 312 g/mol. The van der Waals surface area contributed by atoms with E-state index in [1.54, 1.807) is 16.4 Å². The molecule has 1 aromatic rings. The summed E-state index contributed by atoms with van der Waals surface area (Å²) in [5, 5.41) is 3.71. The molecule has 2 saturated heterocycles. The van der Waals surface area contributed by atoms with Gasteiger partial charge in [0.25, 0.3) is 0 Å². The molecular formula is C14H19ClN2O3S. The lowest BCUT2D eigenvalue weighted by molar-refractivity contribution is 0.382. The SMILES string of the molecule is COc1ccc(Cl)c(S(=O)(=O)N2CCC3CCC(C2)N3)c1. The van der Waals surface area contributed by atoms with Gasteiger partial charge in [0.1, 0.15) is 10.6 Å². The molecule has 2 atom stereocenters. The molecule has 0 spiro atoms. The first-order valence-corrected chi connectivity index (χ1v) is 8.92. The first-order valence-electron chi connectivity index (χ1n) is 7.10. The third kappa shape index (κ3) is 2.90. The van der Waals surface area contributed by atoms with Crippen LogP contribution in [0.25, 0.3) is 0 Å². The molecule has 21 heavy (non-hydrogen) atoms. The Hall–Kier alpha value is -0.820. The fourth-order valence-electron chi connectivity index (χ4n) is 3.08. The normalized spacial score (nSPS) is 26.6. The number of fused-ring (bicyclic) bond motifs is 2. The quantitative estimate of drug-likeness (QED) is 0.919. The minimum atomic E-state index is -3.59. The van der Waals surface area contributed by atoms with Crippen molar-refractivity contribution in [3.8, 4) is 5.75 Å². The van der Waals surface area contributed by atoms with Crippen LogP contribution in [0.2, 0.25) is 5.02 Å². The Kier molecular flexibility index (Phi) is 4.14. The highest BCUT2D eigenvalue weighted by Crippen LogP contribution is 2.31. The van der Waals surface area contributed by atoms with Crippen LogP contribution in [0, 0.1) is 0 Å². The van der Waals surface area contributed by atoms with E-state index < -0.39 is 10.0 Å². The lowest BCUT2D eigenvalue weighted by Gasteiger charge is -2.24. The lowest BCUT2D eigenvalue weighted by Crippen LogP contribution is -2.39. The number of ether oxygens (including phenoxy) is 1. The van der Waals surface area contributed by atoms with Crippen LogP contribution in [0.1, 0.15) is 19.3 Å². The number of methoxy groups -OCH3 is 1. The molecule has 3 rings (SSSR count). The fraction of sp³-hybridized carbons (Fsp3) is 0.571. The van der Waals surface area contributed by atoms with E-state index in [0.717, 1.165) is 19.3 Å². The molecule has 2 heterocycles. The van der Waals surface area contributed by atoms with Gasteiger partial charge in [0.05, 0.1) is 12.1 Å². The van der Waals surface area contributed by atoms with Crippen LogP contribution in [0.15, 0.2) is 23.1 Å². The van der Waals surface area contributed by atoms with Gasteiger partial charge in [-0.15, -0.1) is 0 Å². The second-order valence-electron chi connectivity index (χ2n) is 5.59. The molecule has 0 aromatic heterocycles. The summed E-state index contributed by atoms with van der Waals surface area (Å²) in [6, 6.07) is 5.41. The zero-order chi connectivity index (χ0) is 15.0. The van der Waals surface area contributed by atoms with Crippen LogP contribution in [0.3, 0.4) is 0 Å². The van der Waals surface area contributed by atoms with Crippen molar-refractivity contribution < 1.29 is 13.2 Å². The van der Waals surface area contributed by atoms with E-state index in [1.807, 2.05) is 0 Å². The number of halogens is 1. The molecule has 2 aliphatic heterocycles. The predicted molar refractivity (Wildman–Crippen MR) is 81.3 cm³/mol. The molecule has 116 valence electrons. The highest BCUT2D eigenvalue weighted by atomic mass is 35.5. The van der Waals surface area contributed by atoms with Crippen molar-refractivity contribution in [2.45, 2.75) is 36.2 Å². The van der Waals surface area contributed by atoms with Crippen LogP contribution in [0.5, 0.6) is 5.75 Å². The molecule has 7 heteroatoms. The molecule has 2 bridgehead atoms. The first kappa shape index (κ1) is 15.1. The van der Waals surface area contributed by atoms with Gasteiger partial charge in [-0.3, -0.25) is 0 Å². The number of hydrogen-bond acceptors (Lipinski definition) is 4. The number of nitrogens with one attached hydrogen (secondary N) is 1. The summed E-state index contributed by atoms with van der Waals surface area (Å²) in [7, 11) is -2.08. The highest BCUT2D eigenvalue weighted by molar-refractivity contribution is 7.89. The number of nitrogens with zero attached hydrogens (tertiary/aromatic N) is 1. The predicted octanol–water partition coefficient (Wildman–Crippen LogP) is 1.86. The maximum Gasteiger partial charge on any atom is 0.244 e. The molecule has 1 N–H and O–H groups in total. The zero-order valence-corrected chi connectivity index (χ0v) is 13.5. The maximum atomic E-state index is 12.9. The molecule has 1 aromatic carbocycles. The minimum Gasteiger partial charge on any atom is -0.497 e. The van der Waals surface area contributed by atoms with Crippen molar-refractivity contribution >= 4 is 21.6 Å². The van der Waals surface area contributed by atoms with Gasteiger partial charge >= 0.3 is 0 Å². The Labute approximate surface area is 130 Å². The summed E-state index contributed by atoms with van der Waals surface area (Å²) in [4.78, 5) is 0.126. The summed E-state index contributed by atoms with van der Waals surface area (Å²) in [5.41, 5.74) is 0. The Bertz CT molecular complexity index is 635. The topological polar surface area (TPSA) is 58.6 Å². The fourth-order valence-corrected chi connectivity index (χ4v) is 5.07. The highest BCUT2D eigenvalue weighted by Gasteiger charge is 2.35. The summed E-state index contributed by atoms with van der Waals surface area (Å²) < 4.78 is 32.4. The third-order valence-electron chi connectivity index (χ3n) is 4.24. The third-order valence-corrected chi connectivity index (χ3v) is 6.59. The van der Waals surface area contributed by atoms with E-state index >= 15 is 0 Å². The van der Waals surface area contributed by atoms with E-state index in [0.29, 0.717) is 24.9 Å². The van der Waals surface area contributed by atoms with Crippen molar-refractivity contribution in [3.63, 3.8) is 0 Å². The zero-order valence-electron chi connectivity index (χ0n) is 11.9. The molecule has 2 fully saturated rings. The number of benzene rings is 1. The van der Waals surface area contributed by atoms with Crippen LogP contribution < -0.4 is 10.1 Å². The van der Waals surface area contributed by atoms with Gasteiger partial charge in [-0.1, -0.05) is 11.6 Å². The van der Waals surface area contributed by atoms with Gasteiger partial charge in [0.15, 0.2) is 0 Å².